The van der Waals surface area contributed by atoms with Gasteiger partial charge in [-0.25, -0.2) is 0 Å². The highest BCUT2D eigenvalue weighted by molar-refractivity contribution is 5.97. The highest BCUT2D eigenvalue weighted by Crippen LogP contribution is 2.40. The molecule has 2 rings (SSSR count). The molecule has 0 aliphatic heterocycles. The Kier molecular flexibility index (Phi) is 1.36. The van der Waals surface area contributed by atoms with Crippen LogP contribution in [0.2, 0.25) is 0 Å². The summed E-state index contributed by atoms with van der Waals surface area (Å²) >= 11 is 0. The zero-order valence-corrected chi connectivity index (χ0v) is 6.76. The van der Waals surface area contributed by atoms with Crippen molar-refractivity contribution in [1.29, 1.82) is 0 Å². The standard InChI is InChI=1S/C6H6N4O4/c7-1-2(8)6(12)4-3(5(1)11)9-14-10(4)13/h11-12H,7-8H2. The summed E-state index contributed by atoms with van der Waals surface area (Å²) < 4.78 is 4.17. The number of aromatic hydroxyl groups is 2. The second-order valence-electron chi connectivity index (χ2n) is 2.65. The Morgan fingerprint density at radius 1 is 1.21 bits per heavy atom. The molecule has 0 aliphatic rings. The Morgan fingerprint density at radius 2 is 1.79 bits per heavy atom. The van der Waals surface area contributed by atoms with Crippen molar-refractivity contribution >= 4 is 22.4 Å². The average Bonchev–Trinajstić information content (AvgIpc) is 2.54. The van der Waals surface area contributed by atoms with Gasteiger partial charge in [0.15, 0.2) is 11.5 Å². The SMILES string of the molecule is Nc1c(N)c(O)c2c(no[n+]2[O-])c1O. The van der Waals surface area contributed by atoms with E-state index in [4.69, 9.17) is 11.5 Å². The van der Waals surface area contributed by atoms with Gasteiger partial charge in [0.05, 0.1) is 5.16 Å². The van der Waals surface area contributed by atoms with Crippen LogP contribution >= 0.6 is 0 Å². The topological polar surface area (TPSA) is 145 Å². The Labute approximate surface area is 76.5 Å². The molecule has 14 heavy (non-hydrogen) atoms. The van der Waals surface area contributed by atoms with E-state index < -0.39 is 11.5 Å². The molecule has 0 atom stereocenters. The molecule has 0 unspecified atom stereocenters. The lowest BCUT2D eigenvalue weighted by atomic mass is 10.2. The number of anilines is 2. The molecule has 2 aromatic rings. The molecule has 8 nitrogen and oxygen atoms in total. The molecule has 0 fully saturated rings. The van der Waals surface area contributed by atoms with Crippen LogP contribution in [0.3, 0.4) is 0 Å². The number of benzene rings is 1. The monoisotopic (exact) mass is 198 g/mol. The fourth-order valence-electron chi connectivity index (χ4n) is 1.11. The van der Waals surface area contributed by atoms with Gasteiger partial charge < -0.3 is 26.9 Å². The van der Waals surface area contributed by atoms with Crippen molar-refractivity contribution in [2.24, 2.45) is 0 Å². The van der Waals surface area contributed by atoms with Gasteiger partial charge in [-0.2, -0.15) is 0 Å². The molecule has 8 heteroatoms. The summed E-state index contributed by atoms with van der Waals surface area (Å²) in [6, 6.07) is 0. The molecule has 1 aromatic heterocycles. The lowest BCUT2D eigenvalue weighted by Crippen LogP contribution is -2.22. The third-order valence-electron chi connectivity index (χ3n) is 1.86. The van der Waals surface area contributed by atoms with Crippen LogP contribution in [0.5, 0.6) is 11.5 Å². The predicted octanol–water partition coefficient (Wildman–Crippen LogP) is -0.963. The summed E-state index contributed by atoms with van der Waals surface area (Å²) in [5.74, 6) is -1.06. The van der Waals surface area contributed by atoms with Crippen LogP contribution in [0.1, 0.15) is 0 Å². The van der Waals surface area contributed by atoms with E-state index >= 15 is 0 Å². The molecule has 1 aromatic carbocycles. The van der Waals surface area contributed by atoms with Crippen LogP contribution in [0.25, 0.3) is 11.0 Å². The maximum atomic E-state index is 10.9. The number of rotatable bonds is 0. The van der Waals surface area contributed by atoms with Gasteiger partial charge in [0.25, 0.3) is 11.0 Å². The minimum Gasteiger partial charge on any atom is -0.502 e. The van der Waals surface area contributed by atoms with Gasteiger partial charge in [-0.15, -0.1) is 0 Å². The van der Waals surface area contributed by atoms with Crippen molar-refractivity contribution in [3.63, 3.8) is 0 Å². The maximum absolute atomic E-state index is 10.9. The lowest BCUT2D eigenvalue weighted by Gasteiger charge is -2.03. The largest absolute Gasteiger partial charge is 0.502 e. The number of hydrogen-bond donors (Lipinski definition) is 4. The van der Waals surface area contributed by atoms with Crippen molar-refractivity contribution in [1.82, 2.24) is 5.16 Å². The number of phenolic OH excluding ortho intramolecular Hbond substituents is 2. The molecular formula is C6H6N4O4. The number of aromatic nitrogens is 2. The van der Waals surface area contributed by atoms with Crippen LogP contribution in [0, 0.1) is 5.21 Å². The summed E-state index contributed by atoms with van der Waals surface area (Å²) in [4.78, 5) is -0.0693. The predicted molar refractivity (Wildman–Crippen MR) is 45.1 cm³/mol. The normalized spacial score (nSPS) is 10.9. The van der Waals surface area contributed by atoms with Crippen LogP contribution in [-0.2, 0) is 0 Å². The van der Waals surface area contributed by atoms with E-state index in [0.29, 0.717) is 0 Å². The van der Waals surface area contributed by atoms with Gasteiger partial charge in [0.1, 0.15) is 11.4 Å². The van der Waals surface area contributed by atoms with Crippen molar-refractivity contribution < 1.29 is 19.7 Å². The molecule has 0 radical (unpaired) electrons. The zero-order valence-electron chi connectivity index (χ0n) is 6.76. The van der Waals surface area contributed by atoms with Crippen molar-refractivity contribution in [2.45, 2.75) is 0 Å². The molecule has 0 aliphatic carbocycles. The Bertz CT molecular complexity index is 520. The van der Waals surface area contributed by atoms with Gasteiger partial charge >= 0.3 is 0 Å². The van der Waals surface area contributed by atoms with E-state index in [-0.39, 0.29) is 27.3 Å². The molecule has 0 spiro atoms. The third kappa shape index (κ3) is 0.762. The molecule has 0 amide bonds. The third-order valence-corrected chi connectivity index (χ3v) is 1.86. The molecule has 0 bridgehead atoms. The first kappa shape index (κ1) is 8.23. The van der Waals surface area contributed by atoms with Crippen molar-refractivity contribution in [2.75, 3.05) is 11.5 Å². The quantitative estimate of drug-likeness (QED) is 0.184. The summed E-state index contributed by atoms with van der Waals surface area (Å²) in [5.41, 5.74) is 9.53. The van der Waals surface area contributed by atoms with Crippen molar-refractivity contribution in [3.05, 3.63) is 5.21 Å². The first-order valence-corrected chi connectivity index (χ1v) is 3.52. The van der Waals surface area contributed by atoms with Crippen LogP contribution in [-0.4, -0.2) is 15.4 Å². The first-order chi connectivity index (χ1) is 6.54. The molecule has 0 saturated carbocycles. The maximum Gasteiger partial charge on any atom is 0.296 e. The number of nitrogens with two attached hydrogens (primary N) is 2. The summed E-state index contributed by atoms with van der Waals surface area (Å²) in [5, 5.41) is 32.9. The molecule has 0 saturated heterocycles. The van der Waals surface area contributed by atoms with Gasteiger partial charge in [0.2, 0.25) is 0 Å². The summed E-state index contributed by atoms with van der Waals surface area (Å²) in [7, 11) is 0. The van der Waals surface area contributed by atoms with E-state index in [0.717, 1.165) is 0 Å². The van der Waals surface area contributed by atoms with E-state index in [1.807, 2.05) is 0 Å². The Hall–Kier alpha value is -2.38. The fraction of sp³-hybridized carbons (Fsp3) is 0. The van der Waals surface area contributed by atoms with E-state index in [9.17, 15) is 15.4 Å². The molecule has 1 heterocycles. The minimum absolute atomic E-state index is 0.0693. The van der Waals surface area contributed by atoms with Gasteiger partial charge in [-0.05, 0) is 4.90 Å². The number of fused-ring (bicyclic) bond motifs is 1. The smallest absolute Gasteiger partial charge is 0.296 e. The van der Waals surface area contributed by atoms with E-state index in [1.54, 1.807) is 0 Å². The first-order valence-electron chi connectivity index (χ1n) is 3.52. The number of nitrogens with zero attached hydrogens (tertiary/aromatic N) is 2. The van der Waals surface area contributed by atoms with Gasteiger partial charge in [-0.1, -0.05) is 0 Å². The van der Waals surface area contributed by atoms with Crippen LogP contribution in [0.15, 0.2) is 4.63 Å². The van der Waals surface area contributed by atoms with E-state index in [2.05, 4.69) is 9.79 Å². The van der Waals surface area contributed by atoms with E-state index in [1.165, 1.54) is 0 Å². The summed E-state index contributed by atoms with van der Waals surface area (Å²) in [6.45, 7) is 0. The van der Waals surface area contributed by atoms with Gasteiger partial charge in [0, 0.05) is 0 Å². The average molecular weight is 198 g/mol. The Balaban J connectivity index is 3.05. The summed E-state index contributed by atoms with van der Waals surface area (Å²) in [6.07, 6.45) is 0. The number of nitrogen functional groups attached to an aromatic ring is 2. The highest BCUT2D eigenvalue weighted by atomic mass is 16.8. The molecular weight excluding hydrogens is 192 g/mol. The molecule has 6 N–H and O–H groups in total. The minimum atomic E-state index is -0.563. The van der Waals surface area contributed by atoms with Crippen molar-refractivity contribution in [3.8, 4) is 11.5 Å². The van der Waals surface area contributed by atoms with Crippen LogP contribution < -0.4 is 16.4 Å². The fourth-order valence-corrected chi connectivity index (χ4v) is 1.11. The number of phenols is 2. The second-order valence-corrected chi connectivity index (χ2v) is 2.65. The molecule has 74 valence electrons. The Morgan fingerprint density at radius 3 is 2.43 bits per heavy atom. The number of hydrogen-bond acceptors (Lipinski definition) is 7. The zero-order chi connectivity index (χ0) is 10.5. The lowest BCUT2D eigenvalue weighted by molar-refractivity contribution is -0.782. The van der Waals surface area contributed by atoms with Crippen LogP contribution in [0.4, 0.5) is 11.4 Å². The highest BCUT2D eigenvalue weighted by Gasteiger charge is 2.25. The van der Waals surface area contributed by atoms with Gasteiger partial charge in [-0.3, -0.25) is 4.63 Å². The second kappa shape index (κ2) is 2.31.